The van der Waals surface area contributed by atoms with Crippen LogP contribution in [0.3, 0.4) is 0 Å². The van der Waals surface area contributed by atoms with E-state index >= 15 is 0 Å². The molecule has 88 valence electrons. The monoisotopic (exact) mass is 219 g/mol. The van der Waals surface area contributed by atoms with Gasteiger partial charge in [-0.2, -0.15) is 0 Å². The van der Waals surface area contributed by atoms with Gasteiger partial charge >= 0.3 is 0 Å². The highest BCUT2D eigenvalue weighted by atomic mass is 16.3. The predicted molar refractivity (Wildman–Crippen MR) is 66.2 cm³/mol. The lowest BCUT2D eigenvalue weighted by atomic mass is 10.1. The molecule has 1 unspecified atom stereocenters. The van der Waals surface area contributed by atoms with Crippen molar-refractivity contribution in [3.8, 4) is 0 Å². The van der Waals surface area contributed by atoms with Gasteiger partial charge in [0.25, 0.3) is 0 Å². The van der Waals surface area contributed by atoms with Crippen LogP contribution in [0.25, 0.3) is 0 Å². The molecular formula is C14H21NO. The second-order valence-corrected chi connectivity index (χ2v) is 4.89. The van der Waals surface area contributed by atoms with Gasteiger partial charge in [0, 0.05) is 6.04 Å². The first-order valence-electron chi connectivity index (χ1n) is 6.21. The normalized spacial score (nSPS) is 19.4. The zero-order valence-corrected chi connectivity index (χ0v) is 9.89. The molecule has 2 nitrogen and oxygen atoms in total. The molecule has 0 radical (unpaired) electrons. The van der Waals surface area contributed by atoms with Gasteiger partial charge in [-0.05, 0) is 24.8 Å². The van der Waals surface area contributed by atoms with E-state index in [1.54, 1.807) is 0 Å². The molecule has 2 heteroatoms. The maximum absolute atomic E-state index is 9.42. The topological polar surface area (TPSA) is 32.3 Å². The van der Waals surface area contributed by atoms with E-state index in [1.165, 1.54) is 24.8 Å². The lowest BCUT2D eigenvalue weighted by Gasteiger charge is -2.22. The molecule has 0 heterocycles. The minimum absolute atomic E-state index is 0.0787. The summed E-state index contributed by atoms with van der Waals surface area (Å²) in [6.07, 6.45) is 4.02. The molecule has 0 saturated heterocycles. The lowest BCUT2D eigenvalue weighted by Crippen LogP contribution is -2.32. The standard InChI is InChI=1S/C14H21NO/c1-11(9-12-7-8-12)15-14(10-16)13-5-3-2-4-6-13/h2-6,11-12,14-16H,7-10H2,1H3/t11?,14-/m0/s1. The Kier molecular flexibility index (Phi) is 3.97. The van der Waals surface area contributed by atoms with Gasteiger partial charge in [-0.3, -0.25) is 0 Å². The molecule has 0 aliphatic heterocycles. The van der Waals surface area contributed by atoms with Crippen LogP contribution in [0.4, 0.5) is 0 Å². The number of rotatable bonds is 6. The first kappa shape index (κ1) is 11.6. The van der Waals surface area contributed by atoms with Crippen molar-refractivity contribution < 1.29 is 5.11 Å². The first-order chi connectivity index (χ1) is 7.79. The van der Waals surface area contributed by atoms with Crippen LogP contribution in [0.1, 0.15) is 37.8 Å². The van der Waals surface area contributed by atoms with E-state index in [9.17, 15) is 5.11 Å². The Bertz CT molecular complexity index is 308. The van der Waals surface area contributed by atoms with Crippen molar-refractivity contribution in [2.24, 2.45) is 5.92 Å². The number of hydrogen-bond acceptors (Lipinski definition) is 2. The molecule has 1 aromatic carbocycles. The maximum atomic E-state index is 9.42. The SMILES string of the molecule is CC(CC1CC1)N[C@@H](CO)c1ccccc1. The summed E-state index contributed by atoms with van der Waals surface area (Å²) in [5, 5.41) is 12.9. The van der Waals surface area contributed by atoms with Crippen LogP contribution < -0.4 is 5.32 Å². The molecule has 16 heavy (non-hydrogen) atoms. The molecule has 1 aliphatic rings. The lowest BCUT2D eigenvalue weighted by molar-refractivity contribution is 0.232. The quantitative estimate of drug-likeness (QED) is 0.770. The van der Waals surface area contributed by atoms with E-state index in [-0.39, 0.29) is 12.6 Å². The average molecular weight is 219 g/mol. The third-order valence-corrected chi connectivity index (χ3v) is 3.25. The highest BCUT2D eigenvalue weighted by Gasteiger charge is 2.24. The second kappa shape index (κ2) is 5.46. The fourth-order valence-electron chi connectivity index (χ4n) is 2.20. The minimum atomic E-state index is 0.0787. The summed E-state index contributed by atoms with van der Waals surface area (Å²) in [4.78, 5) is 0. The van der Waals surface area contributed by atoms with Crippen molar-refractivity contribution in [2.75, 3.05) is 6.61 Å². The Morgan fingerprint density at radius 2 is 2.00 bits per heavy atom. The van der Waals surface area contributed by atoms with Crippen LogP contribution in [0.5, 0.6) is 0 Å². The van der Waals surface area contributed by atoms with E-state index in [2.05, 4.69) is 24.4 Å². The minimum Gasteiger partial charge on any atom is -0.394 e. The molecule has 1 aliphatic carbocycles. The van der Waals surface area contributed by atoms with Crippen molar-refractivity contribution in [3.63, 3.8) is 0 Å². The fraction of sp³-hybridized carbons (Fsp3) is 0.571. The molecule has 0 bridgehead atoms. The summed E-state index contributed by atoms with van der Waals surface area (Å²) in [5.74, 6) is 0.928. The van der Waals surface area contributed by atoms with Crippen LogP contribution in [0.15, 0.2) is 30.3 Å². The van der Waals surface area contributed by atoms with Crippen molar-refractivity contribution in [1.82, 2.24) is 5.32 Å². The predicted octanol–water partition coefficient (Wildman–Crippen LogP) is 2.50. The van der Waals surface area contributed by atoms with Crippen molar-refractivity contribution in [3.05, 3.63) is 35.9 Å². The molecule has 1 saturated carbocycles. The fourth-order valence-corrected chi connectivity index (χ4v) is 2.20. The third kappa shape index (κ3) is 3.32. The van der Waals surface area contributed by atoms with E-state index < -0.39 is 0 Å². The number of benzene rings is 1. The zero-order valence-electron chi connectivity index (χ0n) is 9.89. The van der Waals surface area contributed by atoms with Crippen LogP contribution >= 0.6 is 0 Å². The summed E-state index contributed by atoms with van der Waals surface area (Å²) < 4.78 is 0. The van der Waals surface area contributed by atoms with Crippen LogP contribution in [0, 0.1) is 5.92 Å². The van der Waals surface area contributed by atoms with Crippen molar-refractivity contribution >= 4 is 0 Å². The summed E-state index contributed by atoms with van der Waals surface area (Å²) in [6.45, 7) is 2.38. The summed E-state index contributed by atoms with van der Waals surface area (Å²) in [6, 6.07) is 10.7. The van der Waals surface area contributed by atoms with Gasteiger partial charge in [0.15, 0.2) is 0 Å². The molecule has 0 spiro atoms. The number of aliphatic hydroxyl groups excluding tert-OH is 1. The summed E-state index contributed by atoms with van der Waals surface area (Å²) in [5.41, 5.74) is 1.17. The smallest absolute Gasteiger partial charge is 0.0626 e. The number of nitrogens with one attached hydrogen (secondary N) is 1. The largest absolute Gasteiger partial charge is 0.394 e. The second-order valence-electron chi connectivity index (χ2n) is 4.89. The Morgan fingerprint density at radius 1 is 1.31 bits per heavy atom. The molecule has 1 aromatic rings. The molecule has 2 atom stereocenters. The van der Waals surface area contributed by atoms with Gasteiger partial charge in [-0.25, -0.2) is 0 Å². The third-order valence-electron chi connectivity index (χ3n) is 3.25. The van der Waals surface area contributed by atoms with Gasteiger partial charge in [-0.1, -0.05) is 43.2 Å². The van der Waals surface area contributed by atoms with Gasteiger partial charge in [0.1, 0.15) is 0 Å². The Hall–Kier alpha value is -0.860. The van der Waals surface area contributed by atoms with Crippen molar-refractivity contribution in [1.29, 1.82) is 0 Å². The molecule has 0 aromatic heterocycles. The van der Waals surface area contributed by atoms with Gasteiger partial charge < -0.3 is 10.4 Å². The zero-order chi connectivity index (χ0) is 11.4. The van der Waals surface area contributed by atoms with E-state index in [0.717, 1.165) is 5.92 Å². The van der Waals surface area contributed by atoms with E-state index in [0.29, 0.717) is 6.04 Å². The Morgan fingerprint density at radius 3 is 2.56 bits per heavy atom. The number of aliphatic hydroxyl groups is 1. The first-order valence-corrected chi connectivity index (χ1v) is 6.21. The van der Waals surface area contributed by atoms with E-state index in [4.69, 9.17) is 0 Å². The van der Waals surface area contributed by atoms with Crippen LogP contribution in [0.2, 0.25) is 0 Å². The molecule has 0 amide bonds. The van der Waals surface area contributed by atoms with Crippen molar-refractivity contribution in [2.45, 2.75) is 38.3 Å². The Labute approximate surface area is 97.7 Å². The number of hydrogen-bond donors (Lipinski definition) is 2. The van der Waals surface area contributed by atoms with Crippen LogP contribution in [-0.2, 0) is 0 Å². The van der Waals surface area contributed by atoms with Gasteiger partial charge in [0.2, 0.25) is 0 Å². The summed E-state index contributed by atoms with van der Waals surface area (Å²) in [7, 11) is 0. The highest BCUT2D eigenvalue weighted by Crippen LogP contribution is 2.33. The Balaban J connectivity index is 1.89. The maximum Gasteiger partial charge on any atom is 0.0626 e. The average Bonchev–Trinajstić information content (AvgIpc) is 3.11. The van der Waals surface area contributed by atoms with Gasteiger partial charge in [0.05, 0.1) is 12.6 Å². The summed E-state index contributed by atoms with van der Waals surface area (Å²) >= 11 is 0. The van der Waals surface area contributed by atoms with Gasteiger partial charge in [-0.15, -0.1) is 0 Å². The van der Waals surface area contributed by atoms with E-state index in [1.807, 2.05) is 18.2 Å². The molecule has 2 rings (SSSR count). The highest BCUT2D eigenvalue weighted by molar-refractivity contribution is 5.19. The molecule has 1 fully saturated rings. The molecular weight excluding hydrogens is 198 g/mol. The molecule has 2 N–H and O–H groups in total. The van der Waals surface area contributed by atoms with Crippen LogP contribution in [-0.4, -0.2) is 17.8 Å².